The fourth-order valence-electron chi connectivity index (χ4n) is 3.35. The minimum absolute atomic E-state index is 0.0942. The van der Waals surface area contributed by atoms with Gasteiger partial charge in [-0.1, -0.05) is 6.07 Å². The van der Waals surface area contributed by atoms with Crippen LogP contribution >= 0.6 is 11.3 Å². The molecule has 0 saturated carbocycles. The Bertz CT molecular complexity index is 767. The van der Waals surface area contributed by atoms with Gasteiger partial charge in [0.2, 0.25) is 0 Å². The largest absolute Gasteiger partial charge is 0.481 e. The van der Waals surface area contributed by atoms with E-state index in [1.165, 1.54) is 18.4 Å². The predicted octanol–water partition coefficient (Wildman–Crippen LogP) is 2.10. The molecular formula is C17H21N3O4S. The van der Waals surface area contributed by atoms with Crippen LogP contribution in [0.25, 0.3) is 10.6 Å². The van der Waals surface area contributed by atoms with Gasteiger partial charge >= 0.3 is 5.97 Å². The van der Waals surface area contributed by atoms with Crippen molar-refractivity contribution in [3.8, 4) is 10.6 Å². The molecule has 2 aromatic rings. The highest BCUT2D eigenvalue weighted by molar-refractivity contribution is 7.13. The van der Waals surface area contributed by atoms with Crippen LogP contribution in [0.3, 0.4) is 0 Å². The molecule has 3 rings (SSSR count). The Kier molecular flexibility index (Phi) is 4.91. The molecule has 1 atom stereocenters. The van der Waals surface area contributed by atoms with Crippen LogP contribution in [-0.2, 0) is 16.6 Å². The molecule has 1 fully saturated rings. The number of carboxylic acids is 1. The number of carbonyl (C=O) groups excluding carboxylic acids is 1. The van der Waals surface area contributed by atoms with Crippen molar-refractivity contribution in [3.63, 3.8) is 0 Å². The van der Waals surface area contributed by atoms with E-state index in [1.54, 1.807) is 22.8 Å². The second-order valence-corrected chi connectivity index (χ2v) is 7.34. The van der Waals surface area contributed by atoms with E-state index in [1.807, 2.05) is 17.5 Å². The molecule has 1 aliphatic heterocycles. The van der Waals surface area contributed by atoms with E-state index in [2.05, 4.69) is 5.10 Å². The molecule has 3 heterocycles. The zero-order chi connectivity index (χ0) is 18.0. The summed E-state index contributed by atoms with van der Waals surface area (Å²) in [5, 5.41) is 16.0. The standard InChI is InChI=1S/C17H21N3O4S/c1-19-9-12(14(18-19)13-5-3-8-25-13)15(21)20-7-4-6-17(10-20,11-24-2)16(22)23/h3,5,8-9H,4,6-7,10-11H2,1-2H3,(H,22,23). The number of hydrogen-bond donors (Lipinski definition) is 1. The summed E-state index contributed by atoms with van der Waals surface area (Å²) in [6.07, 6.45) is 2.84. The number of methoxy groups -OCH3 is 1. The van der Waals surface area contributed by atoms with E-state index in [4.69, 9.17) is 4.74 Å². The lowest BCUT2D eigenvalue weighted by Gasteiger charge is -2.39. The molecular weight excluding hydrogens is 342 g/mol. The van der Waals surface area contributed by atoms with E-state index >= 15 is 0 Å². The topological polar surface area (TPSA) is 84.7 Å². The van der Waals surface area contributed by atoms with Crippen molar-refractivity contribution in [2.45, 2.75) is 12.8 Å². The van der Waals surface area contributed by atoms with Crippen molar-refractivity contribution < 1.29 is 19.4 Å². The molecule has 0 radical (unpaired) electrons. The zero-order valence-electron chi connectivity index (χ0n) is 14.3. The third-order valence-corrected chi connectivity index (χ3v) is 5.43. The van der Waals surface area contributed by atoms with Crippen molar-refractivity contribution >= 4 is 23.2 Å². The first-order valence-electron chi connectivity index (χ1n) is 8.06. The van der Waals surface area contributed by atoms with Gasteiger partial charge in [-0.3, -0.25) is 14.3 Å². The molecule has 1 aliphatic rings. The van der Waals surface area contributed by atoms with Gasteiger partial charge in [0.15, 0.2) is 0 Å². The molecule has 1 N–H and O–H groups in total. The number of thiophene rings is 1. The minimum atomic E-state index is -1.05. The van der Waals surface area contributed by atoms with Crippen molar-refractivity contribution in [2.75, 3.05) is 26.8 Å². The van der Waals surface area contributed by atoms with Crippen molar-refractivity contribution in [2.24, 2.45) is 12.5 Å². The summed E-state index contributed by atoms with van der Waals surface area (Å²) in [5.74, 6) is -1.10. The molecule has 25 heavy (non-hydrogen) atoms. The van der Waals surface area contributed by atoms with Gasteiger partial charge in [0.1, 0.15) is 11.1 Å². The van der Waals surface area contributed by atoms with Gasteiger partial charge in [-0.25, -0.2) is 0 Å². The fourth-order valence-corrected chi connectivity index (χ4v) is 4.07. The van der Waals surface area contributed by atoms with Gasteiger partial charge in [-0.2, -0.15) is 5.10 Å². The molecule has 0 bridgehead atoms. The number of piperidine rings is 1. The normalized spacial score (nSPS) is 20.6. The summed E-state index contributed by atoms with van der Waals surface area (Å²) >= 11 is 1.52. The third kappa shape index (κ3) is 3.32. The Balaban J connectivity index is 1.90. The van der Waals surface area contributed by atoms with Gasteiger partial charge in [0, 0.05) is 33.4 Å². The summed E-state index contributed by atoms with van der Waals surface area (Å²) in [4.78, 5) is 27.4. The van der Waals surface area contributed by atoms with Crippen LogP contribution in [0.1, 0.15) is 23.2 Å². The minimum Gasteiger partial charge on any atom is -0.481 e. The highest BCUT2D eigenvalue weighted by Gasteiger charge is 2.44. The summed E-state index contributed by atoms with van der Waals surface area (Å²) in [6, 6.07) is 3.84. The van der Waals surface area contributed by atoms with Gasteiger partial charge in [0.05, 0.1) is 17.0 Å². The average Bonchev–Trinajstić information content (AvgIpc) is 3.23. The van der Waals surface area contributed by atoms with E-state index in [0.717, 1.165) is 4.88 Å². The molecule has 1 unspecified atom stereocenters. The molecule has 8 heteroatoms. The lowest BCUT2D eigenvalue weighted by atomic mass is 9.80. The molecule has 1 saturated heterocycles. The Morgan fingerprint density at radius 1 is 1.48 bits per heavy atom. The lowest BCUT2D eigenvalue weighted by Crippen LogP contribution is -2.52. The van der Waals surface area contributed by atoms with Crippen molar-refractivity contribution in [1.29, 1.82) is 0 Å². The number of aliphatic carboxylic acids is 1. The molecule has 0 aromatic carbocycles. The number of amides is 1. The second-order valence-electron chi connectivity index (χ2n) is 6.39. The third-order valence-electron chi connectivity index (χ3n) is 4.55. The number of aryl methyl sites for hydroxylation is 1. The lowest BCUT2D eigenvalue weighted by molar-refractivity contribution is -0.155. The number of aromatic nitrogens is 2. The summed E-state index contributed by atoms with van der Waals surface area (Å²) in [7, 11) is 3.26. The Labute approximate surface area is 149 Å². The maximum Gasteiger partial charge on any atom is 0.313 e. The number of rotatable bonds is 5. The number of hydrogen-bond acceptors (Lipinski definition) is 5. The monoisotopic (exact) mass is 363 g/mol. The van der Waals surface area contributed by atoms with Gasteiger partial charge in [-0.05, 0) is 24.3 Å². The highest BCUT2D eigenvalue weighted by Crippen LogP contribution is 2.33. The fraction of sp³-hybridized carbons (Fsp3) is 0.471. The van der Waals surface area contributed by atoms with Crippen LogP contribution in [0.2, 0.25) is 0 Å². The van der Waals surface area contributed by atoms with Gasteiger partial charge in [0.25, 0.3) is 5.91 Å². The van der Waals surface area contributed by atoms with E-state index < -0.39 is 11.4 Å². The average molecular weight is 363 g/mol. The predicted molar refractivity (Wildman–Crippen MR) is 93.6 cm³/mol. The molecule has 2 aromatic heterocycles. The maximum atomic E-state index is 13.1. The van der Waals surface area contributed by atoms with Crippen LogP contribution < -0.4 is 0 Å². The van der Waals surface area contributed by atoms with Crippen LogP contribution in [0.5, 0.6) is 0 Å². The summed E-state index contributed by atoms with van der Waals surface area (Å²) < 4.78 is 6.75. The van der Waals surface area contributed by atoms with Crippen LogP contribution in [0.15, 0.2) is 23.7 Å². The summed E-state index contributed by atoms with van der Waals surface area (Å²) in [6.45, 7) is 0.779. The number of nitrogens with zero attached hydrogens (tertiary/aromatic N) is 3. The van der Waals surface area contributed by atoms with Gasteiger partial charge in [-0.15, -0.1) is 11.3 Å². The Morgan fingerprint density at radius 2 is 2.28 bits per heavy atom. The zero-order valence-corrected chi connectivity index (χ0v) is 15.1. The van der Waals surface area contributed by atoms with Gasteiger partial charge < -0.3 is 14.7 Å². The van der Waals surface area contributed by atoms with Crippen LogP contribution in [0.4, 0.5) is 0 Å². The first-order chi connectivity index (χ1) is 12.0. The van der Waals surface area contributed by atoms with E-state index in [-0.39, 0.29) is 19.1 Å². The Morgan fingerprint density at radius 3 is 2.92 bits per heavy atom. The molecule has 134 valence electrons. The van der Waals surface area contributed by atoms with Crippen LogP contribution in [0, 0.1) is 5.41 Å². The number of likely N-dealkylation sites (tertiary alicyclic amines) is 1. The molecule has 1 amide bonds. The Hall–Kier alpha value is -2.19. The molecule has 7 nitrogen and oxygen atoms in total. The van der Waals surface area contributed by atoms with E-state index in [9.17, 15) is 14.7 Å². The van der Waals surface area contributed by atoms with Crippen molar-refractivity contribution in [1.82, 2.24) is 14.7 Å². The highest BCUT2D eigenvalue weighted by atomic mass is 32.1. The molecule has 0 aliphatic carbocycles. The van der Waals surface area contributed by atoms with Crippen LogP contribution in [-0.4, -0.2) is 58.5 Å². The molecule has 0 spiro atoms. The smallest absolute Gasteiger partial charge is 0.313 e. The van der Waals surface area contributed by atoms with Crippen molar-refractivity contribution in [3.05, 3.63) is 29.3 Å². The SMILES string of the molecule is COCC1(C(=O)O)CCCN(C(=O)c2cn(C)nc2-c2cccs2)C1. The number of carbonyl (C=O) groups is 2. The quantitative estimate of drug-likeness (QED) is 0.879. The maximum absolute atomic E-state index is 13.1. The number of carboxylic acid groups (broad SMARTS) is 1. The first kappa shape index (κ1) is 17.6. The second kappa shape index (κ2) is 6.97. The van der Waals surface area contributed by atoms with E-state index in [0.29, 0.717) is 30.6 Å². The first-order valence-corrected chi connectivity index (χ1v) is 8.94. The number of ether oxygens (including phenoxy) is 1. The summed E-state index contributed by atoms with van der Waals surface area (Å²) in [5.41, 5.74) is 0.0952.